The van der Waals surface area contributed by atoms with Crippen LogP contribution in [0.5, 0.6) is 11.5 Å². The summed E-state index contributed by atoms with van der Waals surface area (Å²) in [5, 5.41) is 1.94. The third kappa shape index (κ3) is 6.24. The van der Waals surface area contributed by atoms with Crippen molar-refractivity contribution in [2.45, 2.75) is 39.3 Å². The number of esters is 1. The molecule has 1 aliphatic rings. The first-order valence-electron chi connectivity index (χ1n) is 13.2. The van der Waals surface area contributed by atoms with Crippen LogP contribution >= 0.6 is 38.6 Å². The van der Waals surface area contributed by atoms with Crippen LogP contribution in [-0.4, -0.2) is 24.3 Å². The van der Waals surface area contributed by atoms with E-state index in [1.807, 2.05) is 73.0 Å². The molecule has 5 rings (SSSR count). The number of benzene rings is 2. The zero-order valence-corrected chi connectivity index (χ0v) is 26.1. The maximum absolute atomic E-state index is 13.9. The van der Waals surface area contributed by atoms with Gasteiger partial charge in [-0.1, -0.05) is 64.9 Å². The molecule has 41 heavy (non-hydrogen) atoms. The van der Waals surface area contributed by atoms with Gasteiger partial charge in [0.15, 0.2) is 16.3 Å². The van der Waals surface area contributed by atoms with Crippen LogP contribution in [0.1, 0.15) is 48.7 Å². The number of rotatable bonds is 10. The first-order chi connectivity index (χ1) is 19.9. The summed E-state index contributed by atoms with van der Waals surface area (Å²) in [5.74, 6) is 0.737. The molecule has 0 unspecified atom stereocenters. The van der Waals surface area contributed by atoms with E-state index < -0.39 is 12.0 Å². The average Bonchev–Trinajstić information content (AvgIpc) is 3.61. The number of aromatic nitrogens is 1. The fourth-order valence-corrected chi connectivity index (χ4v) is 6.73. The Bertz CT molecular complexity index is 1760. The normalized spacial score (nSPS) is 14.9. The van der Waals surface area contributed by atoms with Gasteiger partial charge in [-0.3, -0.25) is 9.36 Å². The van der Waals surface area contributed by atoms with Crippen molar-refractivity contribution < 1.29 is 19.0 Å². The molecule has 3 heterocycles. The summed E-state index contributed by atoms with van der Waals surface area (Å²) in [6, 6.07) is 16.8. The lowest BCUT2D eigenvalue weighted by Gasteiger charge is -2.24. The van der Waals surface area contributed by atoms with Gasteiger partial charge in [0, 0.05) is 9.35 Å². The van der Waals surface area contributed by atoms with Gasteiger partial charge in [-0.05, 0) is 66.3 Å². The second-order valence-corrected chi connectivity index (χ2v) is 12.2. The summed E-state index contributed by atoms with van der Waals surface area (Å²) in [6.45, 7) is 4.46. The summed E-state index contributed by atoms with van der Waals surface area (Å²) in [5.41, 5.74) is 2.72. The molecule has 0 saturated carbocycles. The minimum Gasteiger partial charge on any atom is -0.493 e. The summed E-state index contributed by atoms with van der Waals surface area (Å²) in [4.78, 5) is 33.3. The van der Waals surface area contributed by atoms with E-state index in [1.165, 1.54) is 22.7 Å². The maximum atomic E-state index is 13.9. The molecule has 7 nitrogen and oxygen atoms in total. The lowest BCUT2D eigenvalue weighted by molar-refractivity contribution is -0.139. The Hall–Kier alpha value is -3.47. The molecule has 0 radical (unpaired) electrons. The van der Waals surface area contributed by atoms with E-state index in [0.717, 1.165) is 26.9 Å². The summed E-state index contributed by atoms with van der Waals surface area (Å²) in [6.07, 6.45) is 3.24. The number of methoxy groups -OCH3 is 1. The van der Waals surface area contributed by atoms with Gasteiger partial charge in [0.25, 0.3) is 5.56 Å². The van der Waals surface area contributed by atoms with E-state index in [-0.39, 0.29) is 12.2 Å². The monoisotopic (exact) mass is 652 g/mol. The topological polar surface area (TPSA) is 79.1 Å². The SMILES string of the molecule is CCCC1=C(C(=O)OCC)[C@@H](c2cccs2)n2c(s/c(=C\c3ccc(OCc4ccc(Br)cc4)c(OC)c3)c2=O)=N1. The van der Waals surface area contributed by atoms with Crippen molar-refractivity contribution in [3.63, 3.8) is 0 Å². The van der Waals surface area contributed by atoms with Crippen molar-refractivity contribution in [3.05, 3.63) is 111 Å². The average molecular weight is 654 g/mol. The number of carbonyl (C=O) groups is 1. The number of carbonyl (C=O) groups excluding carboxylic acids is 1. The first kappa shape index (κ1) is 29.0. The highest BCUT2D eigenvalue weighted by Gasteiger charge is 2.34. The van der Waals surface area contributed by atoms with Crippen LogP contribution in [0.2, 0.25) is 0 Å². The fraction of sp³-hybridized carbons (Fsp3) is 0.258. The van der Waals surface area contributed by atoms with Gasteiger partial charge >= 0.3 is 5.97 Å². The molecule has 1 atom stereocenters. The van der Waals surface area contributed by atoms with Crippen molar-refractivity contribution in [2.75, 3.05) is 13.7 Å². The van der Waals surface area contributed by atoms with Crippen LogP contribution in [0.25, 0.3) is 6.08 Å². The molecule has 0 aliphatic carbocycles. The number of hydrogen-bond acceptors (Lipinski definition) is 8. The predicted octanol–water partition coefficient (Wildman–Crippen LogP) is 5.99. The number of ether oxygens (including phenoxy) is 3. The standard InChI is InChI=1S/C31H29BrN2O5S2/c1-4-7-22-27(30(36)38-5-2)28(25-8-6-15-40-25)34-29(35)26(41-31(34)33-22)17-20-11-14-23(24(16-20)37-3)39-18-19-9-12-21(32)13-10-19/h6,8-17,28H,4-5,7,18H2,1-3H3/b26-17-/t28-/m1/s1. The van der Waals surface area contributed by atoms with Crippen molar-refractivity contribution in [2.24, 2.45) is 4.99 Å². The number of hydrogen-bond donors (Lipinski definition) is 0. The summed E-state index contributed by atoms with van der Waals surface area (Å²) in [7, 11) is 1.59. The second kappa shape index (κ2) is 13.0. The molecule has 10 heteroatoms. The highest BCUT2D eigenvalue weighted by atomic mass is 79.9. The van der Waals surface area contributed by atoms with E-state index in [1.54, 1.807) is 18.6 Å². The van der Waals surface area contributed by atoms with Gasteiger partial charge in [-0.15, -0.1) is 11.3 Å². The predicted molar refractivity (Wildman–Crippen MR) is 165 cm³/mol. The quantitative estimate of drug-likeness (QED) is 0.197. The van der Waals surface area contributed by atoms with Crippen molar-refractivity contribution >= 4 is 50.6 Å². The molecular weight excluding hydrogens is 624 g/mol. The molecule has 0 fully saturated rings. The number of thiophene rings is 1. The van der Waals surface area contributed by atoms with Crippen molar-refractivity contribution in [1.82, 2.24) is 4.57 Å². The van der Waals surface area contributed by atoms with Gasteiger partial charge in [-0.2, -0.15) is 0 Å². The third-order valence-corrected chi connectivity index (χ3v) is 8.93. The Morgan fingerprint density at radius 3 is 2.61 bits per heavy atom. The highest BCUT2D eigenvalue weighted by molar-refractivity contribution is 9.10. The van der Waals surface area contributed by atoms with Crippen LogP contribution in [0.15, 0.2) is 85.5 Å². The number of fused-ring (bicyclic) bond motifs is 1. The van der Waals surface area contributed by atoms with Crippen molar-refractivity contribution in [3.8, 4) is 11.5 Å². The van der Waals surface area contributed by atoms with E-state index in [2.05, 4.69) is 15.9 Å². The van der Waals surface area contributed by atoms with Gasteiger partial charge in [0.1, 0.15) is 12.6 Å². The van der Waals surface area contributed by atoms with Crippen LogP contribution in [0, 0.1) is 0 Å². The lowest BCUT2D eigenvalue weighted by atomic mass is 9.99. The molecule has 2 aromatic heterocycles. The molecule has 0 N–H and O–H groups in total. The van der Waals surface area contributed by atoms with Gasteiger partial charge in [0.05, 0.1) is 29.5 Å². The molecule has 0 saturated heterocycles. The molecule has 212 valence electrons. The lowest BCUT2D eigenvalue weighted by Crippen LogP contribution is -2.39. The second-order valence-electron chi connectivity index (χ2n) is 9.25. The largest absolute Gasteiger partial charge is 0.493 e. The highest BCUT2D eigenvalue weighted by Crippen LogP contribution is 2.35. The minimum atomic E-state index is -0.585. The summed E-state index contributed by atoms with van der Waals surface area (Å²) >= 11 is 6.26. The first-order valence-corrected chi connectivity index (χ1v) is 15.7. The molecule has 1 aliphatic heterocycles. The zero-order chi connectivity index (χ0) is 28.9. The van der Waals surface area contributed by atoms with Gasteiger partial charge in [-0.25, -0.2) is 9.79 Å². The zero-order valence-electron chi connectivity index (χ0n) is 22.9. The molecular formula is C31H29BrN2O5S2. The van der Waals surface area contributed by atoms with E-state index in [0.29, 0.717) is 45.1 Å². The van der Waals surface area contributed by atoms with E-state index in [4.69, 9.17) is 19.2 Å². The number of nitrogens with zero attached hydrogens (tertiary/aromatic N) is 2. The smallest absolute Gasteiger partial charge is 0.338 e. The Kier molecular flexibility index (Phi) is 9.22. The van der Waals surface area contributed by atoms with Gasteiger partial charge in [0.2, 0.25) is 0 Å². The molecule has 0 amide bonds. The van der Waals surface area contributed by atoms with E-state index in [9.17, 15) is 9.59 Å². The van der Waals surface area contributed by atoms with Crippen LogP contribution in [0.4, 0.5) is 0 Å². The van der Waals surface area contributed by atoms with Crippen LogP contribution < -0.4 is 24.4 Å². The number of halogens is 1. The minimum absolute atomic E-state index is 0.209. The van der Waals surface area contributed by atoms with Crippen molar-refractivity contribution in [1.29, 1.82) is 0 Å². The number of allylic oxidation sites excluding steroid dienone is 1. The molecule has 0 spiro atoms. The van der Waals surface area contributed by atoms with Crippen LogP contribution in [-0.2, 0) is 16.1 Å². The molecule has 2 aromatic carbocycles. The van der Waals surface area contributed by atoms with Crippen LogP contribution in [0.3, 0.4) is 0 Å². The van der Waals surface area contributed by atoms with Gasteiger partial charge < -0.3 is 14.2 Å². The molecule has 4 aromatic rings. The summed E-state index contributed by atoms with van der Waals surface area (Å²) < 4.78 is 20.2. The fourth-order valence-electron chi connectivity index (χ4n) is 4.62. The Labute approximate surface area is 254 Å². The third-order valence-electron chi connectivity index (χ3n) is 6.50. The molecule has 0 bridgehead atoms. The van der Waals surface area contributed by atoms with E-state index >= 15 is 0 Å². The maximum Gasteiger partial charge on any atom is 0.338 e. The Morgan fingerprint density at radius 2 is 1.93 bits per heavy atom. The Balaban J connectivity index is 1.54. The Morgan fingerprint density at radius 1 is 1.12 bits per heavy atom. The number of thiazole rings is 1.